The van der Waals surface area contributed by atoms with Crippen LogP contribution < -0.4 is 9.64 Å². The number of likely N-dealkylation sites (tertiary alicyclic amines) is 1. The lowest BCUT2D eigenvalue weighted by atomic mass is 9.66. The van der Waals surface area contributed by atoms with Crippen LogP contribution in [0, 0.1) is 17.8 Å². The van der Waals surface area contributed by atoms with Crippen LogP contribution >= 0.6 is 11.8 Å². The predicted molar refractivity (Wildman–Crippen MR) is 157 cm³/mol. The van der Waals surface area contributed by atoms with Gasteiger partial charge in [0.05, 0.1) is 42.9 Å². The average molecular weight is 571 g/mol. The van der Waals surface area contributed by atoms with Gasteiger partial charge in [0.1, 0.15) is 11.8 Å². The first-order valence-corrected chi connectivity index (χ1v) is 14.9. The molecule has 2 unspecified atom stereocenters. The Bertz CT molecular complexity index is 1140. The van der Waals surface area contributed by atoms with Gasteiger partial charge in [-0.25, -0.2) is 0 Å². The van der Waals surface area contributed by atoms with E-state index in [0.29, 0.717) is 37.1 Å². The summed E-state index contributed by atoms with van der Waals surface area (Å²) >= 11 is 1.60. The van der Waals surface area contributed by atoms with Crippen LogP contribution in [0.5, 0.6) is 5.75 Å². The number of nitrogens with zero attached hydrogens (tertiary/aromatic N) is 2. The predicted octanol–water partition coefficient (Wildman–Crippen LogP) is 4.22. The van der Waals surface area contributed by atoms with Gasteiger partial charge in [0.15, 0.2) is 0 Å². The number of amides is 2. The van der Waals surface area contributed by atoms with Gasteiger partial charge in [-0.05, 0) is 62.8 Å². The lowest BCUT2D eigenvalue weighted by molar-refractivity contribution is -0.156. The van der Waals surface area contributed by atoms with E-state index in [1.54, 1.807) is 53.0 Å². The molecule has 3 aliphatic heterocycles. The van der Waals surface area contributed by atoms with Crippen molar-refractivity contribution in [2.24, 2.45) is 17.8 Å². The van der Waals surface area contributed by atoms with E-state index in [-0.39, 0.29) is 37.5 Å². The highest BCUT2D eigenvalue weighted by molar-refractivity contribution is 8.02. The summed E-state index contributed by atoms with van der Waals surface area (Å²) < 4.78 is 9.61. The number of thioether (sulfide) groups is 1. The second-order valence-corrected chi connectivity index (χ2v) is 13.5. The van der Waals surface area contributed by atoms with Gasteiger partial charge >= 0.3 is 5.97 Å². The largest absolute Gasteiger partial charge is 0.497 e. The molecule has 0 saturated carbocycles. The third-order valence-electron chi connectivity index (χ3n) is 8.58. The van der Waals surface area contributed by atoms with Gasteiger partial charge in [-0.3, -0.25) is 14.4 Å². The summed E-state index contributed by atoms with van der Waals surface area (Å²) in [4.78, 5) is 45.9. The molecule has 6 atom stereocenters. The molecule has 1 spiro atoms. The molecule has 1 aromatic carbocycles. The van der Waals surface area contributed by atoms with E-state index in [1.807, 2.05) is 32.9 Å². The first-order valence-electron chi connectivity index (χ1n) is 14.1. The Labute approximate surface area is 241 Å². The molecule has 3 heterocycles. The molecule has 3 saturated heterocycles. The Morgan fingerprint density at radius 1 is 1.23 bits per heavy atom. The topological polar surface area (TPSA) is 96.4 Å². The molecule has 0 aliphatic carbocycles. The number of carbonyl (C=O) groups is 3. The molecule has 9 heteroatoms. The Morgan fingerprint density at radius 3 is 2.50 bits per heavy atom. The fourth-order valence-corrected chi connectivity index (χ4v) is 9.23. The SMILES string of the molecule is C=CCCOC(=O)[C@H]1[C@H]2C(=O)N([C@@H](CO)CC(C)C)C(C(=O)N(CC=C)c3ccc(OC)cc3)C23CC[C@]1(C)S3. The lowest BCUT2D eigenvalue weighted by Crippen LogP contribution is -2.57. The van der Waals surface area contributed by atoms with Crippen molar-refractivity contribution in [3.63, 3.8) is 0 Å². The minimum Gasteiger partial charge on any atom is -0.497 e. The van der Waals surface area contributed by atoms with Gasteiger partial charge in [-0.1, -0.05) is 26.0 Å². The highest BCUT2D eigenvalue weighted by atomic mass is 32.2. The zero-order valence-corrected chi connectivity index (χ0v) is 24.8. The number of methoxy groups -OCH3 is 1. The Kier molecular flexibility index (Phi) is 9.05. The fourth-order valence-electron chi connectivity index (χ4n) is 6.91. The minimum absolute atomic E-state index is 0.186. The number of ether oxygens (including phenoxy) is 2. The molecule has 2 amide bonds. The molecule has 1 aromatic rings. The smallest absolute Gasteiger partial charge is 0.311 e. The van der Waals surface area contributed by atoms with Gasteiger partial charge in [-0.2, -0.15) is 0 Å². The molecule has 0 aromatic heterocycles. The highest BCUT2D eigenvalue weighted by Crippen LogP contribution is 2.72. The zero-order valence-electron chi connectivity index (χ0n) is 24.0. The molecule has 2 bridgehead atoms. The first kappa shape index (κ1) is 30.2. The molecule has 4 rings (SSSR count). The molecular weight excluding hydrogens is 528 g/mol. The first-order chi connectivity index (χ1) is 19.1. The number of fused-ring (bicyclic) bond motifs is 1. The number of anilines is 1. The zero-order chi connectivity index (χ0) is 29.2. The molecule has 218 valence electrons. The molecule has 8 nitrogen and oxygen atoms in total. The van der Waals surface area contributed by atoms with Crippen LogP contribution in [0.25, 0.3) is 0 Å². The van der Waals surface area contributed by atoms with Crippen LogP contribution in [0.4, 0.5) is 5.69 Å². The van der Waals surface area contributed by atoms with Crippen molar-refractivity contribution in [2.75, 3.05) is 31.8 Å². The van der Waals surface area contributed by atoms with E-state index >= 15 is 0 Å². The van der Waals surface area contributed by atoms with Crippen LogP contribution in [0.15, 0.2) is 49.6 Å². The van der Waals surface area contributed by atoms with Crippen molar-refractivity contribution in [3.8, 4) is 5.75 Å². The lowest BCUT2D eigenvalue weighted by Gasteiger charge is -2.40. The van der Waals surface area contributed by atoms with Gasteiger partial charge in [-0.15, -0.1) is 24.9 Å². The fraction of sp³-hybridized carbons (Fsp3) is 0.581. The standard InChI is InChI=1S/C31H42N2O6S/c1-7-9-17-39-29(37)25-24-27(35)33(22(19-34)18-20(3)4)26(31(24)15-14-30(25,5)40-31)28(36)32(16-8-2)21-10-12-23(38-6)13-11-21/h7-8,10-13,20,22,24-26,34H,1-2,9,14-19H2,3-6H3/t22-,24+,25-,26?,30+,31?/m1/s1. The van der Waals surface area contributed by atoms with Crippen molar-refractivity contribution in [1.29, 1.82) is 0 Å². The van der Waals surface area contributed by atoms with Gasteiger partial charge in [0.2, 0.25) is 5.91 Å². The number of benzene rings is 1. The minimum atomic E-state index is -0.847. The highest BCUT2D eigenvalue weighted by Gasteiger charge is 2.78. The van der Waals surface area contributed by atoms with Gasteiger partial charge in [0, 0.05) is 17.0 Å². The normalized spacial score (nSPS) is 29.3. The summed E-state index contributed by atoms with van der Waals surface area (Å²) in [5.74, 6) is -1.40. The number of aliphatic hydroxyl groups is 1. The molecule has 0 radical (unpaired) electrons. The van der Waals surface area contributed by atoms with Crippen LogP contribution in [0.2, 0.25) is 0 Å². The van der Waals surface area contributed by atoms with Gasteiger partial charge in [0.25, 0.3) is 5.91 Å². The van der Waals surface area contributed by atoms with Crippen molar-refractivity contribution in [3.05, 3.63) is 49.6 Å². The summed E-state index contributed by atoms with van der Waals surface area (Å²) in [6.45, 7) is 13.8. The van der Waals surface area contributed by atoms with E-state index in [1.165, 1.54) is 0 Å². The second kappa shape index (κ2) is 12.0. The van der Waals surface area contributed by atoms with E-state index in [4.69, 9.17) is 9.47 Å². The van der Waals surface area contributed by atoms with Crippen molar-refractivity contribution in [2.45, 2.75) is 68.0 Å². The number of aliphatic hydroxyl groups excluding tert-OH is 1. The van der Waals surface area contributed by atoms with Crippen LogP contribution in [-0.4, -0.2) is 76.2 Å². The maximum Gasteiger partial charge on any atom is 0.311 e. The summed E-state index contributed by atoms with van der Waals surface area (Å²) in [7, 11) is 1.58. The molecule has 3 aliphatic rings. The third-order valence-corrected chi connectivity index (χ3v) is 10.6. The average Bonchev–Trinajstić information content (AvgIpc) is 3.50. The van der Waals surface area contributed by atoms with Crippen LogP contribution in [0.3, 0.4) is 0 Å². The van der Waals surface area contributed by atoms with E-state index < -0.39 is 39.4 Å². The number of carbonyl (C=O) groups excluding carboxylic acids is 3. The molecule has 40 heavy (non-hydrogen) atoms. The number of hydrogen-bond acceptors (Lipinski definition) is 7. The molecule has 3 fully saturated rings. The van der Waals surface area contributed by atoms with E-state index in [2.05, 4.69) is 13.2 Å². The summed E-state index contributed by atoms with van der Waals surface area (Å²) in [6.07, 6.45) is 5.73. The Morgan fingerprint density at radius 2 is 1.93 bits per heavy atom. The molecular formula is C31H42N2O6S. The summed E-state index contributed by atoms with van der Waals surface area (Å²) in [5.41, 5.74) is 0.659. The van der Waals surface area contributed by atoms with Gasteiger partial charge < -0.3 is 24.4 Å². The van der Waals surface area contributed by atoms with Crippen molar-refractivity contribution < 1.29 is 29.0 Å². The quantitative estimate of drug-likeness (QED) is 0.216. The summed E-state index contributed by atoms with van der Waals surface area (Å²) in [6, 6.07) is 5.81. The number of rotatable bonds is 13. The summed E-state index contributed by atoms with van der Waals surface area (Å²) in [5, 5.41) is 10.5. The van der Waals surface area contributed by atoms with Crippen molar-refractivity contribution in [1.82, 2.24) is 4.90 Å². The number of hydrogen-bond donors (Lipinski definition) is 1. The number of esters is 1. The van der Waals surface area contributed by atoms with Crippen molar-refractivity contribution >= 4 is 35.2 Å². The second-order valence-electron chi connectivity index (χ2n) is 11.6. The maximum atomic E-state index is 14.7. The Balaban J connectivity index is 1.81. The van der Waals surface area contributed by atoms with Crippen LogP contribution in [-0.2, 0) is 19.1 Å². The Hall–Kier alpha value is -2.78. The van der Waals surface area contributed by atoms with E-state index in [0.717, 1.165) is 0 Å². The monoisotopic (exact) mass is 570 g/mol. The third kappa shape index (κ3) is 5.07. The van der Waals surface area contributed by atoms with E-state index in [9.17, 15) is 19.5 Å². The molecule has 1 N–H and O–H groups in total. The van der Waals surface area contributed by atoms with Crippen LogP contribution in [0.1, 0.15) is 46.5 Å². The maximum absolute atomic E-state index is 14.7.